The van der Waals surface area contributed by atoms with Gasteiger partial charge in [-0.25, -0.2) is 0 Å². The second-order valence-corrected chi connectivity index (χ2v) is 6.27. The van der Waals surface area contributed by atoms with E-state index in [1.807, 2.05) is 6.20 Å². The normalized spacial score (nSPS) is 18.3. The van der Waals surface area contributed by atoms with Gasteiger partial charge in [-0.3, -0.25) is 4.68 Å². The molecule has 0 aromatic carbocycles. The van der Waals surface area contributed by atoms with Crippen LogP contribution >= 0.6 is 0 Å². The Morgan fingerprint density at radius 3 is 2.70 bits per heavy atom. The van der Waals surface area contributed by atoms with Gasteiger partial charge in [-0.1, -0.05) is 13.8 Å². The van der Waals surface area contributed by atoms with Gasteiger partial charge in [-0.2, -0.15) is 5.10 Å². The van der Waals surface area contributed by atoms with Crippen LogP contribution in [0.1, 0.15) is 38.4 Å². The molecule has 5 nitrogen and oxygen atoms in total. The summed E-state index contributed by atoms with van der Waals surface area (Å²) < 4.78 is 7.65. The van der Waals surface area contributed by atoms with Crippen LogP contribution in [-0.2, 0) is 6.54 Å². The molecule has 1 heterocycles. The molecule has 1 fully saturated rings. The lowest BCUT2D eigenvalue weighted by Crippen LogP contribution is -2.31. The van der Waals surface area contributed by atoms with E-state index in [2.05, 4.69) is 47.9 Å². The minimum Gasteiger partial charge on any atom is -0.493 e. The van der Waals surface area contributed by atoms with Crippen molar-refractivity contribution in [2.45, 2.75) is 39.3 Å². The molecule has 1 aliphatic carbocycles. The molecule has 0 saturated heterocycles. The molecule has 0 radical (unpaired) electrons. The van der Waals surface area contributed by atoms with Gasteiger partial charge in [0.1, 0.15) is 0 Å². The van der Waals surface area contributed by atoms with Crippen molar-refractivity contribution < 1.29 is 4.74 Å². The van der Waals surface area contributed by atoms with Crippen molar-refractivity contribution in [2.75, 3.05) is 34.3 Å². The summed E-state index contributed by atoms with van der Waals surface area (Å²) in [6.45, 7) is 7.34. The number of likely N-dealkylation sites (N-methyl/N-ethyl adjacent to an activating group) is 1. The molecule has 2 rings (SSSR count). The van der Waals surface area contributed by atoms with Crippen molar-refractivity contribution >= 4 is 0 Å². The average molecular weight is 280 g/mol. The van der Waals surface area contributed by atoms with Crippen LogP contribution in [-0.4, -0.2) is 49.0 Å². The molecule has 1 atom stereocenters. The van der Waals surface area contributed by atoms with Crippen LogP contribution in [0.5, 0.6) is 5.75 Å². The number of aromatic nitrogens is 2. The Morgan fingerprint density at radius 2 is 2.20 bits per heavy atom. The molecule has 1 aromatic heterocycles. The Balaban J connectivity index is 2.28. The van der Waals surface area contributed by atoms with E-state index in [9.17, 15) is 0 Å². The maximum absolute atomic E-state index is 5.55. The molecular weight excluding hydrogens is 252 g/mol. The molecule has 5 heteroatoms. The van der Waals surface area contributed by atoms with E-state index < -0.39 is 0 Å². The lowest BCUT2D eigenvalue weighted by atomic mass is 9.95. The first kappa shape index (κ1) is 15.3. The summed E-state index contributed by atoms with van der Waals surface area (Å²) in [4.78, 5) is 2.18. The summed E-state index contributed by atoms with van der Waals surface area (Å²) in [6, 6.07) is 0.326. The second kappa shape index (κ2) is 6.14. The number of methoxy groups -OCH3 is 1. The van der Waals surface area contributed by atoms with Gasteiger partial charge in [0.25, 0.3) is 0 Å². The van der Waals surface area contributed by atoms with E-state index in [0.717, 1.165) is 25.4 Å². The van der Waals surface area contributed by atoms with Gasteiger partial charge in [0.05, 0.1) is 31.6 Å². The molecule has 0 aliphatic heterocycles. The summed E-state index contributed by atoms with van der Waals surface area (Å²) in [7, 11) is 5.91. The van der Waals surface area contributed by atoms with Crippen LogP contribution in [0.3, 0.4) is 0 Å². The summed E-state index contributed by atoms with van der Waals surface area (Å²) >= 11 is 0. The third-order valence-electron chi connectivity index (χ3n) is 4.24. The fourth-order valence-corrected chi connectivity index (χ4v) is 2.66. The molecule has 114 valence electrons. The van der Waals surface area contributed by atoms with Crippen molar-refractivity contribution in [1.82, 2.24) is 20.0 Å². The van der Waals surface area contributed by atoms with Crippen LogP contribution in [0.2, 0.25) is 0 Å². The number of rotatable bonds is 8. The zero-order valence-corrected chi connectivity index (χ0v) is 13.4. The highest BCUT2D eigenvalue weighted by Gasteiger charge is 2.47. The number of hydrogen-bond donors (Lipinski definition) is 1. The zero-order chi connectivity index (χ0) is 14.8. The molecule has 1 N–H and O–H groups in total. The van der Waals surface area contributed by atoms with Crippen LogP contribution in [0.15, 0.2) is 6.20 Å². The minimum atomic E-state index is 0.326. The highest BCUT2D eigenvalue weighted by molar-refractivity contribution is 5.31. The first-order valence-electron chi connectivity index (χ1n) is 7.49. The van der Waals surface area contributed by atoms with Gasteiger partial charge in [-0.05, 0) is 38.9 Å². The number of ether oxygens (including phenoxy) is 1. The van der Waals surface area contributed by atoms with E-state index in [-0.39, 0.29) is 0 Å². The van der Waals surface area contributed by atoms with Crippen molar-refractivity contribution in [3.05, 3.63) is 11.9 Å². The molecule has 1 aromatic rings. The Labute approximate surface area is 122 Å². The van der Waals surface area contributed by atoms with Gasteiger partial charge in [0.15, 0.2) is 5.75 Å². The Bertz CT molecular complexity index is 437. The lowest BCUT2D eigenvalue weighted by molar-refractivity contribution is 0.313. The van der Waals surface area contributed by atoms with Crippen LogP contribution < -0.4 is 10.1 Å². The van der Waals surface area contributed by atoms with E-state index in [4.69, 9.17) is 4.74 Å². The van der Waals surface area contributed by atoms with E-state index in [1.165, 1.54) is 18.5 Å². The smallest absolute Gasteiger partial charge is 0.161 e. The third-order valence-corrected chi connectivity index (χ3v) is 4.24. The number of nitrogens with zero attached hydrogens (tertiary/aromatic N) is 3. The zero-order valence-electron chi connectivity index (χ0n) is 13.4. The number of nitrogens with one attached hydrogen (secondary N) is 1. The topological polar surface area (TPSA) is 42.3 Å². The van der Waals surface area contributed by atoms with Crippen LogP contribution in [0, 0.1) is 5.41 Å². The highest BCUT2D eigenvalue weighted by atomic mass is 16.5. The Kier molecular flexibility index (Phi) is 4.70. The molecule has 1 unspecified atom stereocenters. The van der Waals surface area contributed by atoms with Crippen molar-refractivity contribution in [2.24, 2.45) is 5.41 Å². The Morgan fingerprint density at radius 1 is 1.50 bits per heavy atom. The molecule has 1 saturated carbocycles. The standard InChI is InChI=1S/C15H28N4O/c1-6-16-14(15(2)7-8-15)13-12(20-5)11-17-19(13)10-9-18(3)4/h11,14,16H,6-10H2,1-5H3. The third kappa shape index (κ3) is 3.15. The predicted octanol–water partition coefficient (Wildman–Crippen LogP) is 1.90. The summed E-state index contributed by atoms with van der Waals surface area (Å²) in [5.74, 6) is 0.905. The van der Waals surface area contributed by atoms with Gasteiger partial charge < -0.3 is 15.0 Å². The Hall–Kier alpha value is -1.07. The van der Waals surface area contributed by atoms with Gasteiger partial charge in [0.2, 0.25) is 0 Å². The van der Waals surface area contributed by atoms with Crippen molar-refractivity contribution in [3.63, 3.8) is 0 Å². The summed E-state index contributed by atoms with van der Waals surface area (Å²) in [5, 5.41) is 8.16. The fraction of sp³-hybridized carbons (Fsp3) is 0.800. The highest BCUT2D eigenvalue weighted by Crippen LogP contribution is 2.55. The predicted molar refractivity (Wildman–Crippen MR) is 81.1 cm³/mol. The number of hydrogen-bond acceptors (Lipinski definition) is 4. The molecule has 20 heavy (non-hydrogen) atoms. The fourth-order valence-electron chi connectivity index (χ4n) is 2.66. The monoisotopic (exact) mass is 280 g/mol. The molecule has 1 aliphatic rings. The van der Waals surface area contributed by atoms with Crippen LogP contribution in [0.4, 0.5) is 0 Å². The molecule has 0 spiro atoms. The van der Waals surface area contributed by atoms with E-state index >= 15 is 0 Å². The van der Waals surface area contributed by atoms with E-state index in [1.54, 1.807) is 7.11 Å². The van der Waals surface area contributed by atoms with Gasteiger partial charge in [0, 0.05) is 6.54 Å². The average Bonchev–Trinajstić information content (AvgIpc) is 3.03. The van der Waals surface area contributed by atoms with Crippen molar-refractivity contribution in [1.29, 1.82) is 0 Å². The van der Waals surface area contributed by atoms with E-state index in [0.29, 0.717) is 11.5 Å². The summed E-state index contributed by atoms with van der Waals surface area (Å²) in [6.07, 6.45) is 4.39. The first-order chi connectivity index (χ1) is 9.51. The van der Waals surface area contributed by atoms with Gasteiger partial charge in [-0.15, -0.1) is 0 Å². The minimum absolute atomic E-state index is 0.326. The quantitative estimate of drug-likeness (QED) is 0.790. The van der Waals surface area contributed by atoms with Crippen LogP contribution in [0.25, 0.3) is 0 Å². The van der Waals surface area contributed by atoms with Crippen molar-refractivity contribution in [3.8, 4) is 5.75 Å². The maximum atomic E-state index is 5.55. The second-order valence-electron chi connectivity index (χ2n) is 6.27. The molecule has 0 amide bonds. The lowest BCUT2D eigenvalue weighted by Gasteiger charge is -2.26. The molecular formula is C15H28N4O. The molecule has 0 bridgehead atoms. The largest absolute Gasteiger partial charge is 0.493 e. The SMILES string of the molecule is CCNC(c1c(OC)cnn1CCN(C)C)C1(C)CC1. The van der Waals surface area contributed by atoms with Gasteiger partial charge >= 0.3 is 0 Å². The summed E-state index contributed by atoms with van der Waals surface area (Å²) in [5.41, 5.74) is 1.55. The maximum Gasteiger partial charge on any atom is 0.161 e. The first-order valence-corrected chi connectivity index (χ1v) is 7.49.